The summed E-state index contributed by atoms with van der Waals surface area (Å²) in [5, 5.41) is 5.63. The van der Waals surface area contributed by atoms with E-state index in [9.17, 15) is 22.4 Å². The van der Waals surface area contributed by atoms with E-state index in [1.54, 1.807) is 36.4 Å². The van der Waals surface area contributed by atoms with Crippen LogP contribution in [-0.4, -0.2) is 20.2 Å². The van der Waals surface area contributed by atoms with E-state index in [4.69, 9.17) is 0 Å². The maximum Gasteiger partial charge on any atom is 0.261 e. The zero-order valence-corrected chi connectivity index (χ0v) is 17.7. The average Bonchev–Trinajstić information content (AvgIpc) is 2.75. The first-order valence-corrected chi connectivity index (χ1v) is 11.4. The van der Waals surface area contributed by atoms with Gasteiger partial charge in [0, 0.05) is 23.5 Å². The maximum absolute atomic E-state index is 13.0. The van der Waals surface area contributed by atoms with Gasteiger partial charge in [0.05, 0.1) is 11.3 Å². The van der Waals surface area contributed by atoms with Gasteiger partial charge in [0.15, 0.2) is 0 Å². The lowest BCUT2D eigenvalue weighted by atomic mass is 10.0. The van der Waals surface area contributed by atoms with E-state index in [2.05, 4.69) is 15.4 Å². The second-order valence-electron chi connectivity index (χ2n) is 7.40. The molecule has 4 rings (SSSR count). The number of carbonyl (C=O) groups excluding carboxylic acids is 2. The second kappa shape index (κ2) is 8.80. The van der Waals surface area contributed by atoms with E-state index in [1.807, 2.05) is 6.07 Å². The van der Waals surface area contributed by atoms with Crippen LogP contribution < -0.4 is 15.4 Å². The van der Waals surface area contributed by atoms with Crippen LogP contribution in [0.15, 0.2) is 71.6 Å². The number of carbonyl (C=O) groups is 2. The van der Waals surface area contributed by atoms with E-state index < -0.39 is 15.8 Å². The van der Waals surface area contributed by atoms with Crippen molar-refractivity contribution >= 4 is 38.9 Å². The van der Waals surface area contributed by atoms with Gasteiger partial charge >= 0.3 is 0 Å². The summed E-state index contributed by atoms with van der Waals surface area (Å²) in [6.07, 6.45) is 1.15. The molecule has 164 valence electrons. The van der Waals surface area contributed by atoms with Gasteiger partial charge in [-0.15, -0.1) is 0 Å². The number of benzene rings is 3. The normalized spacial score (nSPS) is 13.1. The lowest BCUT2D eigenvalue weighted by molar-refractivity contribution is -0.117. The van der Waals surface area contributed by atoms with Crippen LogP contribution in [-0.2, 0) is 32.5 Å². The Bertz CT molecular complexity index is 1270. The molecule has 0 aliphatic carbocycles. The van der Waals surface area contributed by atoms with Crippen molar-refractivity contribution in [1.82, 2.24) is 0 Å². The van der Waals surface area contributed by atoms with Gasteiger partial charge in [0.2, 0.25) is 11.8 Å². The molecule has 0 saturated carbocycles. The highest BCUT2D eigenvalue weighted by atomic mass is 32.2. The molecule has 0 aromatic heterocycles. The fraction of sp³-hybridized carbons (Fsp3) is 0.130. The molecule has 2 amide bonds. The largest absolute Gasteiger partial charge is 0.326 e. The van der Waals surface area contributed by atoms with E-state index in [0.29, 0.717) is 29.8 Å². The molecule has 0 unspecified atom stereocenters. The number of sulfonamides is 1. The first-order valence-electron chi connectivity index (χ1n) is 9.88. The van der Waals surface area contributed by atoms with Gasteiger partial charge in [-0.2, -0.15) is 0 Å². The molecule has 0 fully saturated rings. The summed E-state index contributed by atoms with van der Waals surface area (Å²) in [7, 11) is -3.84. The third-order valence-electron chi connectivity index (χ3n) is 4.98. The van der Waals surface area contributed by atoms with Crippen molar-refractivity contribution in [1.29, 1.82) is 0 Å². The van der Waals surface area contributed by atoms with Gasteiger partial charge in [0.1, 0.15) is 5.82 Å². The number of amides is 2. The third kappa shape index (κ3) is 5.12. The minimum atomic E-state index is -3.84. The highest BCUT2D eigenvalue weighted by Gasteiger charge is 2.16. The lowest BCUT2D eigenvalue weighted by Gasteiger charge is -2.17. The van der Waals surface area contributed by atoms with Crippen molar-refractivity contribution in [2.24, 2.45) is 0 Å². The Balaban J connectivity index is 1.37. The number of halogens is 1. The predicted octanol–water partition coefficient (Wildman–Crippen LogP) is 3.69. The third-order valence-corrected chi connectivity index (χ3v) is 6.38. The monoisotopic (exact) mass is 453 g/mol. The summed E-state index contributed by atoms with van der Waals surface area (Å²) in [6.45, 7) is 0. The van der Waals surface area contributed by atoms with Gasteiger partial charge < -0.3 is 10.6 Å². The van der Waals surface area contributed by atoms with Gasteiger partial charge in [-0.1, -0.05) is 12.1 Å². The SMILES string of the molecule is O=C(Cc1ccc(NS(=O)(=O)c2ccc(F)cc2)cc1)Nc1ccc2c(c1)CCC(=O)N2. The van der Waals surface area contributed by atoms with Crippen molar-refractivity contribution in [3.8, 4) is 0 Å². The van der Waals surface area contributed by atoms with Crippen molar-refractivity contribution in [2.75, 3.05) is 15.4 Å². The zero-order valence-electron chi connectivity index (χ0n) is 16.9. The number of anilines is 3. The second-order valence-corrected chi connectivity index (χ2v) is 9.08. The van der Waals surface area contributed by atoms with Crippen molar-refractivity contribution < 1.29 is 22.4 Å². The summed E-state index contributed by atoms with van der Waals surface area (Å²) < 4.78 is 40.2. The Hall–Kier alpha value is -3.72. The summed E-state index contributed by atoms with van der Waals surface area (Å²) in [6, 6.07) is 16.3. The number of fused-ring (bicyclic) bond motifs is 1. The molecule has 0 bridgehead atoms. The van der Waals surface area contributed by atoms with Crippen LogP contribution in [0.4, 0.5) is 21.5 Å². The number of aryl methyl sites for hydroxylation is 1. The molecule has 1 aliphatic rings. The van der Waals surface area contributed by atoms with Crippen LogP contribution in [0.25, 0.3) is 0 Å². The minimum Gasteiger partial charge on any atom is -0.326 e. The molecule has 3 aromatic rings. The quantitative estimate of drug-likeness (QED) is 0.529. The van der Waals surface area contributed by atoms with Crippen LogP contribution in [0.2, 0.25) is 0 Å². The van der Waals surface area contributed by atoms with Crippen molar-refractivity contribution in [3.63, 3.8) is 0 Å². The molecule has 0 spiro atoms. The summed E-state index contributed by atoms with van der Waals surface area (Å²) in [4.78, 5) is 23.8. The number of hydrogen-bond donors (Lipinski definition) is 3. The lowest BCUT2D eigenvalue weighted by Crippen LogP contribution is -2.19. The summed E-state index contributed by atoms with van der Waals surface area (Å²) in [5.41, 5.74) is 3.42. The zero-order chi connectivity index (χ0) is 22.7. The average molecular weight is 453 g/mol. The highest BCUT2D eigenvalue weighted by molar-refractivity contribution is 7.92. The number of nitrogens with one attached hydrogen (secondary N) is 3. The Morgan fingerprint density at radius 1 is 0.938 bits per heavy atom. The van der Waals surface area contributed by atoms with Crippen LogP contribution in [0, 0.1) is 5.82 Å². The summed E-state index contributed by atoms with van der Waals surface area (Å²) >= 11 is 0. The minimum absolute atomic E-state index is 0.0160. The Morgan fingerprint density at radius 3 is 2.34 bits per heavy atom. The molecule has 7 nitrogen and oxygen atoms in total. The molecule has 0 saturated heterocycles. The number of rotatable bonds is 6. The molecule has 0 radical (unpaired) electrons. The van der Waals surface area contributed by atoms with E-state index >= 15 is 0 Å². The molecule has 0 atom stereocenters. The van der Waals surface area contributed by atoms with Crippen molar-refractivity contribution in [3.05, 3.63) is 83.7 Å². The standard InChI is InChI=1S/C23H20FN3O4S/c24-17-4-9-20(10-5-17)32(30,31)27-18-6-1-15(2-7-18)13-23(29)25-19-8-11-21-16(14-19)3-12-22(28)26-21/h1-2,4-11,14,27H,3,12-13H2,(H,25,29)(H,26,28). The van der Waals surface area contributed by atoms with E-state index in [0.717, 1.165) is 23.4 Å². The van der Waals surface area contributed by atoms with Gasteiger partial charge in [-0.3, -0.25) is 14.3 Å². The van der Waals surface area contributed by atoms with Gasteiger partial charge in [-0.25, -0.2) is 12.8 Å². The van der Waals surface area contributed by atoms with Crippen LogP contribution in [0.5, 0.6) is 0 Å². The Labute approximate surface area is 184 Å². The summed E-state index contributed by atoms with van der Waals surface area (Å²) in [5.74, 6) is -0.754. The van der Waals surface area contributed by atoms with Crippen molar-refractivity contribution in [2.45, 2.75) is 24.2 Å². The van der Waals surface area contributed by atoms with Gasteiger partial charge in [0.25, 0.3) is 10.0 Å². The molecule has 9 heteroatoms. The van der Waals surface area contributed by atoms with Crippen LogP contribution in [0.1, 0.15) is 17.5 Å². The number of hydrogen-bond acceptors (Lipinski definition) is 4. The smallest absolute Gasteiger partial charge is 0.261 e. The molecule has 1 heterocycles. The molecule has 32 heavy (non-hydrogen) atoms. The molecular formula is C23H20FN3O4S. The molecule has 3 aromatic carbocycles. The van der Waals surface area contributed by atoms with Gasteiger partial charge in [-0.05, 0) is 72.1 Å². The van der Waals surface area contributed by atoms with E-state index in [1.165, 1.54) is 12.1 Å². The van der Waals surface area contributed by atoms with E-state index in [-0.39, 0.29) is 23.1 Å². The highest BCUT2D eigenvalue weighted by Crippen LogP contribution is 2.26. The predicted molar refractivity (Wildman–Crippen MR) is 119 cm³/mol. The fourth-order valence-corrected chi connectivity index (χ4v) is 4.43. The topological polar surface area (TPSA) is 104 Å². The first-order chi connectivity index (χ1) is 15.3. The first kappa shape index (κ1) is 21.5. The molecule has 3 N–H and O–H groups in total. The van der Waals surface area contributed by atoms with Crippen LogP contribution >= 0.6 is 0 Å². The molecular weight excluding hydrogens is 433 g/mol. The Kier molecular flexibility index (Phi) is 5.91. The Morgan fingerprint density at radius 2 is 1.62 bits per heavy atom. The maximum atomic E-state index is 13.0. The fourth-order valence-electron chi connectivity index (χ4n) is 3.37. The molecule has 1 aliphatic heterocycles. The van der Waals surface area contributed by atoms with Crippen LogP contribution in [0.3, 0.4) is 0 Å².